The SMILES string of the molecule is CCCOc1cccc(CN2CCC3(C=CC(=O)N3c3cccc(F)c3)CC2C)c1. The van der Waals surface area contributed by atoms with Crippen LogP contribution in [0.1, 0.15) is 38.7 Å². The van der Waals surface area contributed by atoms with Gasteiger partial charge in [-0.15, -0.1) is 0 Å². The van der Waals surface area contributed by atoms with E-state index in [1.165, 1.54) is 17.7 Å². The zero-order valence-corrected chi connectivity index (χ0v) is 17.7. The van der Waals surface area contributed by atoms with E-state index >= 15 is 0 Å². The molecule has 0 saturated carbocycles. The predicted molar refractivity (Wildman–Crippen MR) is 117 cm³/mol. The second-order valence-corrected chi connectivity index (χ2v) is 8.36. The Morgan fingerprint density at radius 3 is 2.80 bits per heavy atom. The molecule has 1 saturated heterocycles. The Hall–Kier alpha value is -2.66. The van der Waals surface area contributed by atoms with Crippen LogP contribution < -0.4 is 9.64 Å². The summed E-state index contributed by atoms with van der Waals surface area (Å²) in [5, 5.41) is 0. The summed E-state index contributed by atoms with van der Waals surface area (Å²) in [5.74, 6) is 0.525. The van der Waals surface area contributed by atoms with Crippen LogP contribution in [0.2, 0.25) is 0 Å². The molecule has 5 heteroatoms. The van der Waals surface area contributed by atoms with Crippen molar-refractivity contribution >= 4 is 11.6 Å². The van der Waals surface area contributed by atoms with Crippen LogP contribution in [0.3, 0.4) is 0 Å². The number of benzene rings is 2. The first-order valence-corrected chi connectivity index (χ1v) is 10.8. The first-order chi connectivity index (χ1) is 14.5. The number of anilines is 1. The lowest BCUT2D eigenvalue weighted by atomic mass is 9.82. The number of carbonyl (C=O) groups excluding carboxylic acids is 1. The number of carbonyl (C=O) groups is 1. The van der Waals surface area contributed by atoms with Gasteiger partial charge < -0.3 is 4.74 Å². The van der Waals surface area contributed by atoms with E-state index in [1.807, 2.05) is 24.3 Å². The van der Waals surface area contributed by atoms with E-state index in [0.29, 0.717) is 5.69 Å². The lowest BCUT2D eigenvalue weighted by Crippen LogP contribution is -2.56. The molecule has 0 N–H and O–H groups in total. The van der Waals surface area contributed by atoms with Gasteiger partial charge in [0.25, 0.3) is 5.91 Å². The number of amides is 1. The Morgan fingerprint density at radius 2 is 2.03 bits per heavy atom. The number of nitrogens with zero attached hydrogens (tertiary/aromatic N) is 2. The Bertz CT molecular complexity index is 944. The average molecular weight is 409 g/mol. The quantitative estimate of drug-likeness (QED) is 0.679. The fraction of sp³-hybridized carbons (Fsp3) is 0.400. The Labute approximate surface area is 177 Å². The summed E-state index contributed by atoms with van der Waals surface area (Å²) < 4.78 is 19.6. The summed E-state index contributed by atoms with van der Waals surface area (Å²) in [6.07, 6.45) is 6.29. The van der Waals surface area contributed by atoms with E-state index in [0.717, 1.165) is 44.7 Å². The summed E-state index contributed by atoms with van der Waals surface area (Å²) in [5.41, 5.74) is 1.48. The third-order valence-corrected chi connectivity index (χ3v) is 6.13. The van der Waals surface area contributed by atoms with Gasteiger partial charge in [-0.3, -0.25) is 14.6 Å². The first-order valence-electron chi connectivity index (χ1n) is 10.8. The standard InChI is InChI=1S/C25H29FN2O2/c1-3-14-30-23-9-4-6-20(15-23)18-27-13-12-25(17-19(27)2)11-10-24(29)28(25)22-8-5-7-21(26)16-22/h4-11,15-16,19H,3,12-14,17-18H2,1-2H3. The van der Waals surface area contributed by atoms with Crippen LogP contribution in [-0.2, 0) is 11.3 Å². The summed E-state index contributed by atoms with van der Waals surface area (Å²) >= 11 is 0. The summed E-state index contributed by atoms with van der Waals surface area (Å²) in [7, 11) is 0. The highest BCUT2D eigenvalue weighted by Gasteiger charge is 2.46. The Kier molecular flexibility index (Phi) is 5.91. The summed E-state index contributed by atoms with van der Waals surface area (Å²) in [6, 6.07) is 14.9. The van der Waals surface area contributed by atoms with Crippen molar-refractivity contribution in [2.24, 2.45) is 0 Å². The monoisotopic (exact) mass is 408 g/mol. The van der Waals surface area contributed by atoms with Gasteiger partial charge in [-0.05, 0) is 62.1 Å². The minimum atomic E-state index is -0.382. The molecule has 2 atom stereocenters. The van der Waals surface area contributed by atoms with Crippen molar-refractivity contribution in [2.45, 2.75) is 51.2 Å². The molecule has 1 fully saturated rings. The van der Waals surface area contributed by atoms with E-state index in [9.17, 15) is 9.18 Å². The molecule has 2 unspecified atom stereocenters. The Balaban J connectivity index is 1.48. The van der Waals surface area contributed by atoms with Crippen LogP contribution in [0, 0.1) is 5.82 Å². The zero-order valence-electron chi connectivity index (χ0n) is 17.7. The highest BCUT2D eigenvalue weighted by Crippen LogP contribution is 2.40. The van der Waals surface area contributed by atoms with Crippen molar-refractivity contribution in [3.05, 3.63) is 72.1 Å². The minimum absolute atomic E-state index is 0.0676. The lowest BCUT2D eigenvalue weighted by molar-refractivity contribution is -0.114. The molecule has 4 nitrogen and oxygen atoms in total. The van der Waals surface area contributed by atoms with Crippen LogP contribution in [0.5, 0.6) is 5.75 Å². The van der Waals surface area contributed by atoms with E-state index in [2.05, 4.69) is 30.9 Å². The number of piperidine rings is 1. The van der Waals surface area contributed by atoms with Crippen molar-refractivity contribution in [3.63, 3.8) is 0 Å². The molecule has 2 aliphatic heterocycles. The van der Waals surface area contributed by atoms with Crippen LogP contribution in [0.4, 0.5) is 10.1 Å². The Morgan fingerprint density at radius 1 is 1.20 bits per heavy atom. The third kappa shape index (κ3) is 4.12. The van der Waals surface area contributed by atoms with E-state index in [-0.39, 0.29) is 23.3 Å². The second-order valence-electron chi connectivity index (χ2n) is 8.36. The predicted octanol–water partition coefficient (Wildman–Crippen LogP) is 4.94. The fourth-order valence-electron chi connectivity index (χ4n) is 4.67. The number of hydrogen-bond donors (Lipinski definition) is 0. The van der Waals surface area contributed by atoms with Gasteiger partial charge >= 0.3 is 0 Å². The number of hydrogen-bond acceptors (Lipinski definition) is 3. The molecular weight excluding hydrogens is 379 g/mol. The van der Waals surface area contributed by atoms with Gasteiger partial charge in [0.2, 0.25) is 0 Å². The summed E-state index contributed by atoms with van der Waals surface area (Å²) in [6.45, 7) is 6.74. The van der Waals surface area contributed by atoms with E-state index in [1.54, 1.807) is 17.0 Å². The molecule has 2 heterocycles. The molecule has 0 bridgehead atoms. The molecule has 1 amide bonds. The van der Waals surface area contributed by atoms with Crippen molar-refractivity contribution in [2.75, 3.05) is 18.1 Å². The van der Waals surface area contributed by atoms with E-state index in [4.69, 9.17) is 4.74 Å². The van der Waals surface area contributed by atoms with Gasteiger partial charge in [0.1, 0.15) is 11.6 Å². The van der Waals surface area contributed by atoms with Crippen molar-refractivity contribution < 1.29 is 13.9 Å². The summed E-state index contributed by atoms with van der Waals surface area (Å²) in [4.78, 5) is 16.9. The maximum Gasteiger partial charge on any atom is 0.251 e. The maximum atomic E-state index is 13.8. The molecule has 2 aliphatic rings. The normalized spacial score (nSPS) is 24.0. The highest BCUT2D eigenvalue weighted by molar-refractivity contribution is 6.06. The minimum Gasteiger partial charge on any atom is -0.494 e. The van der Waals surface area contributed by atoms with Crippen molar-refractivity contribution in [3.8, 4) is 5.75 Å². The zero-order chi connectivity index (χ0) is 21.1. The van der Waals surface area contributed by atoms with E-state index < -0.39 is 0 Å². The van der Waals surface area contributed by atoms with Crippen LogP contribution in [0.25, 0.3) is 0 Å². The number of rotatable bonds is 6. The molecule has 158 valence electrons. The molecule has 0 aromatic heterocycles. The van der Waals surface area contributed by atoms with Crippen molar-refractivity contribution in [1.29, 1.82) is 0 Å². The highest BCUT2D eigenvalue weighted by atomic mass is 19.1. The first kappa shape index (κ1) is 20.6. The second kappa shape index (κ2) is 8.60. The van der Waals surface area contributed by atoms with Crippen LogP contribution in [-0.4, -0.2) is 35.5 Å². The smallest absolute Gasteiger partial charge is 0.251 e. The third-order valence-electron chi connectivity index (χ3n) is 6.13. The van der Waals surface area contributed by atoms with Gasteiger partial charge in [0, 0.05) is 30.9 Å². The number of ether oxygens (including phenoxy) is 1. The van der Waals surface area contributed by atoms with Crippen LogP contribution >= 0.6 is 0 Å². The molecule has 4 rings (SSSR count). The maximum absolute atomic E-state index is 13.8. The molecule has 30 heavy (non-hydrogen) atoms. The molecular formula is C25H29FN2O2. The molecule has 0 radical (unpaired) electrons. The van der Waals surface area contributed by atoms with Gasteiger partial charge in [0.05, 0.1) is 12.1 Å². The van der Waals surface area contributed by atoms with Gasteiger partial charge in [-0.1, -0.05) is 31.2 Å². The molecule has 2 aromatic carbocycles. The molecule has 2 aromatic rings. The number of likely N-dealkylation sites (tertiary alicyclic amines) is 1. The number of halogens is 1. The van der Waals surface area contributed by atoms with Gasteiger partial charge in [-0.25, -0.2) is 4.39 Å². The topological polar surface area (TPSA) is 32.8 Å². The van der Waals surface area contributed by atoms with Crippen LogP contribution in [0.15, 0.2) is 60.7 Å². The van der Waals surface area contributed by atoms with Crippen molar-refractivity contribution in [1.82, 2.24) is 4.90 Å². The average Bonchev–Trinajstić information content (AvgIpc) is 3.04. The fourth-order valence-corrected chi connectivity index (χ4v) is 4.67. The van der Waals surface area contributed by atoms with Gasteiger partial charge in [0.15, 0.2) is 0 Å². The molecule has 0 aliphatic carbocycles. The lowest BCUT2D eigenvalue weighted by Gasteiger charge is -2.47. The van der Waals surface area contributed by atoms with Gasteiger partial charge in [-0.2, -0.15) is 0 Å². The largest absolute Gasteiger partial charge is 0.494 e. The molecule has 1 spiro atoms.